The SMILES string of the molecule is c1ccc(N2B3c4c(cc5c6c4-c4c2ccc2c7ccccc7n(c42)B6c2ccccc2O5)-c2cccc4c5ccccc5n3c24)cc1. The zero-order valence-electron chi connectivity index (χ0n) is 25.7. The summed E-state index contributed by atoms with van der Waals surface area (Å²) in [5.74, 6) is 1.90. The molecule has 0 saturated carbocycles. The van der Waals surface area contributed by atoms with Crippen LogP contribution in [0.3, 0.4) is 0 Å². The zero-order valence-corrected chi connectivity index (χ0v) is 25.7. The summed E-state index contributed by atoms with van der Waals surface area (Å²) in [7, 11) is 0. The van der Waals surface area contributed by atoms with Crippen LogP contribution in [0.4, 0.5) is 11.4 Å². The van der Waals surface area contributed by atoms with Crippen molar-refractivity contribution in [1.82, 2.24) is 8.96 Å². The van der Waals surface area contributed by atoms with Gasteiger partial charge in [0.25, 0.3) is 0 Å². The summed E-state index contributed by atoms with van der Waals surface area (Å²) in [6.07, 6.45) is 0. The molecule has 7 aromatic carbocycles. The molecule has 13 rings (SSSR count). The topological polar surface area (TPSA) is 22.3 Å². The summed E-state index contributed by atoms with van der Waals surface area (Å²) in [5, 5.41) is 5.17. The Morgan fingerprint density at radius 1 is 0.479 bits per heavy atom. The van der Waals surface area contributed by atoms with Crippen LogP contribution in [0.2, 0.25) is 0 Å². The van der Waals surface area contributed by atoms with Gasteiger partial charge in [-0.25, -0.2) is 0 Å². The Morgan fingerprint density at radius 3 is 2.04 bits per heavy atom. The number of anilines is 2. The first kappa shape index (κ1) is 24.1. The van der Waals surface area contributed by atoms with Crippen molar-refractivity contribution in [2.45, 2.75) is 0 Å². The Balaban J connectivity index is 1.31. The number of nitrogens with zero attached hydrogens (tertiary/aromatic N) is 3. The van der Waals surface area contributed by atoms with Crippen LogP contribution >= 0.6 is 0 Å². The molecule has 0 spiro atoms. The van der Waals surface area contributed by atoms with E-state index in [0.717, 1.165) is 11.5 Å². The highest BCUT2D eigenvalue weighted by molar-refractivity contribution is 6.91. The molecule has 0 atom stereocenters. The van der Waals surface area contributed by atoms with E-state index in [2.05, 4.69) is 153 Å². The van der Waals surface area contributed by atoms with E-state index >= 15 is 0 Å². The van der Waals surface area contributed by atoms with Crippen LogP contribution in [0, 0.1) is 0 Å². The molecule has 0 radical (unpaired) electrons. The van der Waals surface area contributed by atoms with Gasteiger partial charge in [0.15, 0.2) is 0 Å². The van der Waals surface area contributed by atoms with Gasteiger partial charge in [-0.05, 0) is 70.0 Å². The largest absolute Gasteiger partial charge is 0.458 e. The molecule has 6 heterocycles. The second-order valence-corrected chi connectivity index (χ2v) is 13.6. The summed E-state index contributed by atoms with van der Waals surface area (Å²) in [4.78, 5) is 2.61. The molecule has 4 aliphatic rings. The molecule has 0 bridgehead atoms. The van der Waals surface area contributed by atoms with Gasteiger partial charge in [-0.1, -0.05) is 97.1 Å². The van der Waals surface area contributed by atoms with Gasteiger partial charge >= 0.3 is 13.8 Å². The highest BCUT2D eigenvalue weighted by Crippen LogP contribution is 2.53. The van der Waals surface area contributed by atoms with Crippen molar-refractivity contribution in [2.24, 2.45) is 0 Å². The third-order valence-electron chi connectivity index (χ3n) is 11.5. The van der Waals surface area contributed by atoms with E-state index < -0.39 is 0 Å². The minimum atomic E-state index is -0.0845. The Bertz CT molecular complexity index is 2960. The highest BCUT2D eigenvalue weighted by Gasteiger charge is 2.51. The third-order valence-corrected chi connectivity index (χ3v) is 11.5. The first-order valence-corrected chi connectivity index (χ1v) is 16.8. The Labute approximate surface area is 276 Å². The fourth-order valence-corrected chi connectivity index (χ4v) is 9.84. The van der Waals surface area contributed by atoms with Crippen LogP contribution in [0.25, 0.3) is 65.9 Å². The number of fused-ring (bicyclic) bond motifs is 11. The van der Waals surface area contributed by atoms with E-state index in [4.69, 9.17) is 4.74 Å². The number of rotatable bonds is 1. The lowest BCUT2D eigenvalue weighted by Crippen LogP contribution is -2.62. The van der Waals surface area contributed by atoms with Crippen LogP contribution in [-0.2, 0) is 0 Å². The minimum Gasteiger partial charge on any atom is -0.458 e. The van der Waals surface area contributed by atoms with Gasteiger partial charge in [-0.15, -0.1) is 0 Å². The van der Waals surface area contributed by atoms with Gasteiger partial charge in [0.2, 0.25) is 0 Å². The number of ether oxygens (including phenoxy) is 1. The molecular weight excluding hydrogens is 584 g/mol. The average Bonchev–Trinajstić information content (AvgIpc) is 3.67. The number of aromatic nitrogens is 2. The fraction of sp³-hybridized carbons (Fsp3) is 0. The maximum atomic E-state index is 6.97. The second-order valence-electron chi connectivity index (χ2n) is 13.6. The van der Waals surface area contributed by atoms with Crippen LogP contribution in [-0.4, -0.2) is 22.8 Å². The molecule has 48 heavy (non-hydrogen) atoms. The van der Waals surface area contributed by atoms with Crippen molar-refractivity contribution in [2.75, 3.05) is 4.81 Å². The lowest BCUT2D eigenvalue weighted by molar-refractivity contribution is 0.487. The Kier molecular flexibility index (Phi) is 4.04. The van der Waals surface area contributed by atoms with E-state index in [1.807, 2.05) is 0 Å². The van der Waals surface area contributed by atoms with Crippen molar-refractivity contribution in [3.05, 3.63) is 140 Å². The summed E-state index contributed by atoms with van der Waals surface area (Å²) in [6.45, 7) is -0.0865. The summed E-state index contributed by atoms with van der Waals surface area (Å²) < 4.78 is 12.2. The van der Waals surface area contributed by atoms with Gasteiger partial charge in [0.05, 0.1) is 0 Å². The molecular formula is C42H23B2N3O. The van der Waals surface area contributed by atoms with Crippen molar-refractivity contribution >= 4 is 85.2 Å². The molecule has 0 fully saturated rings. The van der Waals surface area contributed by atoms with Crippen molar-refractivity contribution in [1.29, 1.82) is 0 Å². The van der Waals surface area contributed by atoms with Crippen LogP contribution in [0.1, 0.15) is 0 Å². The van der Waals surface area contributed by atoms with E-state index in [1.54, 1.807) is 0 Å². The lowest BCUT2D eigenvalue weighted by Gasteiger charge is -2.46. The van der Waals surface area contributed by atoms with Crippen molar-refractivity contribution in [3.8, 4) is 33.8 Å². The highest BCUT2D eigenvalue weighted by atomic mass is 16.5. The molecule has 4 aliphatic heterocycles. The van der Waals surface area contributed by atoms with E-state index in [-0.39, 0.29) is 13.8 Å². The number of hydrogen-bond acceptors (Lipinski definition) is 2. The summed E-state index contributed by atoms with van der Waals surface area (Å²) in [6, 6.07) is 51.5. The molecule has 9 aromatic rings. The van der Waals surface area contributed by atoms with Gasteiger partial charge in [-0.2, -0.15) is 0 Å². The summed E-state index contributed by atoms with van der Waals surface area (Å²) in [5.41, 5.74) is 16.6. The summed E-state index contributed by atoms with van der Waals surface area (Å²) >= 11 is 0. The smallest absolute Gasteiger partial charge is 0.421 e. The fourth-order valence-electron chi connectivity index (χ4n) is 9.84. The molecule has 0 unspecified atom stereocenters. The molecule has 4 nitrogen and oxygen atoms in total. The van der Waals surface area contributed by atoms with Gasteiger partial charge in [0.1, 0.15) is 11.5 Å². The average molecular weight is 607 g/mol. The quantitative estimate of drug-likeness (QED) is 0.177. The van der Waals surface area contributed by atoms with Gasteiger partial charge < -0.3 is 18.5 Å². The maximum absolute atomic E-state index is 6.97. The minimum absolute atomic E-state index is 0.00193. The zero-order chi connectivity index (χ0) is 30.8. The second kappa shape index (κ2) is 8.04. The monoisotopic (exact) mass is 607 g/mol. The molecule has 2 aromatic heterocycles. The first-order valence-electron chi connectivity index (χ1n) is 16.8. The Morgan fingerprint density at radius 2 is 1.19 bits per heavy atom. The predicted molar refractivity (Wildman–Crippen MR) is 200 cm³/mol. The maximum Gasteiger partial charge on any atom is 0.421 e. The van der Waals surface area contributed by atoms with E-state index in [0.29, 0.717) is 0 Å². The van der Waals surface area contributed by atoms with E-state index in [9.17, 15) is 0 Å². The predicted octanol–water partition coefficient (Wildman–Crippen LogP) is 8.02. The van der Waals surface area contributed by atoms with Gasteiger partial charge in [0, 0.05) is 66.1 Å². The van der Waals surface area contributed by atoms with Crippen molar-refractivity contribution < 1.29 is 4.74 Å². The molecule has 6 heteroatoms. The molecule has 218 valence electrons. The van der Waals surface area contributed by atoms with Crippen LogP contribution in [0.15, 0.2) is 140 Å². The first-order chi connectivity index (χ1) is 23.9. The molecule has 0 amide bonds. The number of hydrogen-bond donors (Lipinski definition) is 0. The van der Waals surface area contributed by atoms with Crippen LogP contribution in [0.5, 0.6) is 11.5 Å². The normalized spacial score (nSPS) is 14.3. The van der Waals surface area contributed by atoms with Gasteiger partial charge in [-0.3, -0.25) is 0 Å². The lowest BCUT2D eigenvalue weighted by atomic mass is 9.42. The molecule has 0 saturated heterocycles. The number of para-hydroxylation sites is 5. The van der Waals surface area contributed by atoms with Crippen LogP contribution < -0.4 is 25.9 Å². The number of benzene rings is 7. The van der Waals surface area contributed by atoms with E-state index in [1.165, 1.54) is 93.6 Å². The molecule has 0 aliphatic carbocycles. The standard InChI is InChI=1S/C42H23B2N3O/c1-2-11-24(12-3-1)45-34-22-21-29-26-14-4-7-18-32(26)46-42(29)37(34)38-39-30(23-36-40(38)43(46)31-17-6-9-20-35(31)48-36)28-16-10-15-27-25-13-5-8-19-33(25)47(41(27)28)44(39)45/h1-23H. The molecule has 0 N–H and O–H groups in total. The Hall–Kier alpha value is -6.13. The third kappa shape index (κ3) is 2.54. The van der Waals surface area contributed by atoms with Crippen molar-refractivity contribution in [3.63, 3.8) is 0 Å².